The third kappa shape index (κ3) is 5.37. The van der Waals surface area contributed by atoms with Crippen molar-refractivity contribution >= 4 is 17.7 Å². The first kappa shape index (κ1) is 16.9. The molecule has 9 heteroatoms. The van der Waals surface area contributed by atoms with Gasteiger partial charge >= 0.3 is 6.61 Å². The molecule has 0 atom stereocenters. The quantitative estimate of drug-likeness (QED) is 0.588. The van der Waals surface area contributed by atoms with Crippen LogP contribution in [-0.2, 0) is 4.79 Å². The molecule has 122 valence electrons. The predicted molar refractivity (Wildman–Crippen MR) is 80.3 cm³/mol. The van der Waals surface area contributed by atoms with Crippen molar-refractivity contribution in [3.8, 4) is 17.2 Å². The fourth-order valence-corrected chi connectivity index (χ4v) is 2.12. The number of ether oxygens (including phenoxy) is 1. The van der Waals surface area contributed by atoms with E-state index in [1.807, 2.05) is 0 Å². The van der Waals surface area contributed by atoms with E-state index in [1.165, 1.54) is 24.3 Å². The Bertz CT molecular complexity index is 662. The van der Waals surface area contributed by atoms with Crippen molar-refractivity contribution in [2.24, 2.45) is 0 Å². The van der Waals surface area contributed by atoms with Crippen molar-refractivity contribution in [2.45, 2.75) is 11.8 Å². The first-order valence-corrected chi connectivity index (χ1v) is 7.46. The van der Waals surface area contributed by atoms with Crippen LogP contribution in [0.4, 0.5) is 8.78 Å². The molecule has 0 aliphatic heterocycles. The van der Waals surface area contributed by atoms with E-state index in [1.54, 1.807) is 6.08 Å². The first-order chi connectivity index (χ1) is 11.1. The van der Waals surface area contributed by atoms with E-state index in [0.717, 1.165) is 11.8 Å². The second-order valence-electron chi connectivity index (χ2n) is 4.16. The Kier molecular flexibility index (Phi) is 6.10. The van der Waals surface area contributed by atoms with Gasteiger partial charge in [-0.25, -0.2) is 0 Å². The van der Waals surface area contributed by atoms with Gasteiger partial charge < -0.3 is 14.5 Å². The predicted octanol–water partition coefficient (Wildman–Crippen LogP) is 2.73. The Hall–Kier alpha value is -2.42. The molecule has 23 heavy (non-hydrogen) atoms. The number of rotatable bonds is 8. The minimum absolute atomic E-state index is 0.0387. The second kappa shape index (κ2) is 8.28. The number of nitrogens with one attached hydrogen (secondary N) is 1. The third-order valence-corrected chi connectivity index (χ3v) is 3.32. The molecule has 0 unspecified atom stereocenters. The molecule has 0 bridgehead atoms. The third-order valence-electron chi connectivity index (χ3n) is 2.50. The molecule has 1 N–H and O–H groups in total. The lowest BCUT2D eigenvalue weighted by atomic mass is 10.2. The van der Waals surface area contributed by atoms with Crippen LogP contribution in [0.25, 0.3) is 11.5 Å². The molecule has 0 saturated heterocycles. The number of thioether (sulfide) groups is 1. The number of benzene rings is 1. The standard InChI is InChI=1S/C14H13F2N3O3S/c1-2-7-17-11(20)8-23-14-19-18-12(22-14)9-3-5-10(6-4-9)21-13(15)16/h2-6,13H,1,7-8H2,(H,17,20). The van der Waals surface area contributed by atoms with Crippen molar-refractivity contribution in [3.05, 3.63) is 36.9 Å². The zero-order chi connectivity index (χ0) is 16.7. The molecule has 0 radical (unpaired) electrons. The number of aromatic nitrogens is 2. The van der Waals surface area contributed by atoms with Crippen LogP contribution in [0.5, 0.6) is 5.75 Å². The summed E-state index contributed by atoms with van der Waals surface area (Å²) >= 11 is 1.10. The molecule has 6 nitrogen and oxygen atoms in total. The molecule has 0 aliphatic rings. The maximum Gasteiger partial charge on any atom is 0.387 e. The lowest BCUT2D eigenvalue weighted by Gasteiger charge is -2.03. The topological polar surface area (TPSA) is 77.2 Å². The minimum atomic E-state index is -2.88. The van der Waals surface area contributed by atoms with Gasteiger partial charge in [-0.3, -0.25) is 4.79 Å². The van der Waals surface area contributed by atoms with Crippen molar-refractivity contribution in [3.63, 3.8) is 0 Å². The average Bonchev–Trinajstić information content (AvgIpc) is 3.00. The number of hydrogen-bond donors (Lipinski definition) is 1. The van der Waals surface area contributed by atoms with Gasteiger partial charge in [0.25, 0.3) is 5.22 Å². The van der Waals surface area contributed by atoms with Crippen molar-refractivity contribution in [2.75, 3.05) is 12.3 Å². The van der Waals surface area contributed by atoms with Gasteiger partial charge in [0, 0.05) is 12.1 Å². The van der Waals surface area contributed by atoms with Crippen molar-refractivity contribution in [1.29, 1.82) is 0 Å². The normalized spacial score (nSPS) is 10.6. The number of alkyl halides is 2. The van der Waals surface area contributed by atoms with Crippen LogP contribution in [-0.4, -0.2) is 35.0 Å². The number of carbonyl (C=O) groups is 1. The Morgan fingerprint density at radius 1 is 1.39 bits per heavy atom. The lowest BCUT2D eigenvalue weighted by molar-refractivity contribution is -0.118. The highest BCUT2D eigenvalue weighted by Gasteiger charge is 2.11. The number of halogens is 2. The molecule has 1 aromatic carbocycles. The molecule has 1 heterocycles. The first-order valence-electron chi connectivity index (χ1n) is 6.47. The summed E-state index contributed by atoms with van der Waals surface area (Å²) < 4.78 is 33.8. The van der Waals surface area contributed by atoms with Crippen LogP contribution >= 0.6 is 11.8 Å². The van der Waals surface area contributed by atoms with Crippen LogP contribution in [0.15, 0.2) is 46.6 Å². The Balaban J connectivity index is 1.93. The zero-order valence-electron chi connectivity index (χ0n) is 11.9. The second-order valence-corrected chi connectivity index (χ2v) is 5.08. The highest BCUT2D eigenvalue weighted by Crippen LogP contribution is 2.25. The van der Waals surface area contributed by atoms with E-state index in [4.69, 9.17) is 4.42 Å². The molecule has 0 fully saturated rings. The van der Waals surface area contributed by atoms with Gasteiger partial charge in [0.15, 0.2) is 0 Å². The summed E-state index contributed by atoms with van der Waals surface area (Å²) in [7, 11) is 0. The van der Waals surface area contributed by atoms with Crippen LogP contribution in [0, 0.1) is 0 Å². The van der Waals surface area contributed by atoms with Gasteiger partial charge in [-0.1, -0.05) is 17.8 Å². The summed E-state index contributed by atoms with van der Waals surface area (Å²) in [6.45, 7) is 1.01. The Morgan fingerprint density at radius 2 is 2.13 bits per heavy atom. The Labute approximate surface area is 134 Å². The van der Waals surface area contributed by atoms with Gasteiger partial charge in [-0.2, -0.15) is 8.78 Å². The summed E-state index contributed by atoms with van der Waals surface area (Å²) in [4.78, 5) is 11.4. The molecule has 0 spiro atoms. The van der Waals surface area contributed by atoms with Crippen LogP contribution in [0.1, 0.15) is 0 Å². The lowest BCUT2D eigenvalue weighted by Crippen LogP contribution is -2.24. The molecular weight excluding hydrogens is 328 g/mol. The molecule has 2 rings (SSSR count). The number of nitrogens with zero attached hydrogens (tertiary/aromatic N) is 2. The smallest absolute Gasteiger partial charge is 0.387 e. The monoisotopic (exact) mass is 341 g/mol. The number of hydrogen-bond acceptors (Lipinski definition) is 6. The number of amides is 1. The van der Waals surface area contributed by atoms with Gasteiger partial charge in [0.2, 0.25) is 11.8 Å². The van der Waals surface area contributed by atoms with E-state index in [-0.39, 0.29) is 28.5 Å². The summed E-state index contributed by atoms with van der Waals surface area (Å²) in [6.07, 6.45) is 1.58. The van der Waals surface area contributed by atoms with Crippen LogP contribution < -0.4 is 10.1 Å². The van der Waals surface area contributed by atoms with Crippen molar-refractivity contribution in [1.82, 2.24) is 15.5 Å². The molecule has 1 amide bonds. The molecule has 0 saturated carbocycles. The molecule has 2 aromatic rings. The summed E-state index contributed by atoms with van der Waals surface area (Å²) in [6, 6.07) is 5.80. The van der Waals surface area contributed by atoms with Gasteiger partial charge in [0.05, 0.1) is 5.75 Å². The fourth-order valence-electron chi connectivity index (χ4n) is 1.53. The van der Waals surface area contributed by atoms with Gasteiger partial charge in [-0.15, -0.1) is 16.8 Å². The van der Waals surface area contributed by atoms with Crippen LogP contribution in [0.3, 0.4) is 0 Å². The van der Waals surface area contributed by atoms with Gasteiger partial charge in [0.1, 0.15) is 5.75 Å². The average molecular weight is 341 g/mol. The molecule has 1 aromatic heterocycles. The van der Waals surface area contributed by atoms with Gasteiger partial charge in [-0.05, 0) is 24.3 Å². The SMILES string of the molecule is C=CCNC(=O)CSc1nnc(-c2ccc(OC(F)F)cc2)o1. The Morgan fingerprint density at radius 3 is 2.78 bits per heavy atom. The van der Waals surface area contributed by atoms with E-state index in [0.29, 0.717) is 12.1 Å². The largest absolute Gasteiger partial charge is 0.435 e. The zero-order valence-corrected chi connectivity index (χ0v) is 12.7. The van der Waals surface area contributed by atoms with E-state index in [9.17, 15) is 13.6 Å². The fraction of sp³-hybridized carbons (Fsp3) is 0.214. The highest BCUT2D eigenvalue weighted by atomic mass is 32.2. The minimum Gasteiger partial charge on any atom is -0.435 e. The van der Waals surface area contributed by atoms with Crippen molar-refractivity contribution < 1.29 is 22.7 Å². The van der Waals surface area contributed by atoms with Crippen LogP contribution in [0.2, 0.25) is 0 Å². The molecular formula is C14H13F2N3O3S. The molecule has 0 aliphatic carbocycles. The van der Waals surface area contributed by atoms with E-state index < -0.39 is 6.61 Å². The number of carbonyl (C=O) groups excluding carboxylic acids is 1. The van der Waals surface area contributed by atoms with E-state index in [2.05, 4.69) is 26.8 Å². The highest BCUT2D eigenvalue weighted by molar-refractivity contribution is 7.99. The summed E-state index contributed by atoms with van der Waals surface area (Å²) in [5.74, 6) is 0.221. The summed E-state index contributed by atoms with van der Waals surface area (Å²) in [5, 5.41) is 10.5. The maximum atomic E-state index is 12.1. The summed E-state index contributed by atoms with van der Waals surface area (Å²) in [5.41, 5.74) is 0.557. The van der Waals surface area contributed by atoms with E-state index >= 15 is 0 Å². The maximum absolute atomic E-state index is 12.1.